The fourth-order valence-corrected chi connectivity index (χ4v) is 6.02. The van der Waals surface area contributed by atoms with Crippen molar-refractivity contribution in [3.8, 4) is 17.5 Å². The zero-order chi connectivity index (χ0) is 28.6. The van der Waals surface area contributed by atoms with Crippen LogP contribution in [0.3, 0.4) is 0 Å². The van der Waals surface area contributed by atoms with Crippen molar-refractivity contribution in [1.82, 2.24) is 40.6 Å². The van der Waals surface area contributed by atoms with E-state index in [1.54, 1.807) is 20.8 Å². The number of ether oxygens (including phenoxy) is 1. The molecule has 1 aromatic carbocycles. The van der Waals surface area contributed by atoms with Gasteiger partial charge in [-0.15, -0.1) is 10.2 Å². The van der Waals surface area contributed by atoms with E-state index >= 15 is 0 Å². The number of fused-ring (bicyclic) bond motifs is 2. The molecule has 5 rings (SSSR count). The summed E-state index contributed by atoms with van der Waals surface area (Å²) in [5.41, 5.74) is 1.04. The highest BCUT2D eigenvalue weighted by atomic mass is 16.6. The Labute approximate surface area is 232 Å². The monoisotopic (exact) mass is 549 g/mol. The molecule has 3 aliphatic rings. The van der Waals surface area contributed by atoms with Crippen LogP contribution in [0.15, 0.2) is 24.3 Å². The van der Waals surface area contributed by atoms with E-state index in [-0.39, 0.29) is 30.4 Å². The summed E-state index contributed by atoms with van der Waals surface area (Å²) < 4.78 is 5.42. The number of nitrogens with zero attached hydrogens (tertiary/aromatic N) is 7. The Morgan fingerprint density at radius 1 is 1.32 bits per heavy atom. The number of amides is 3. The van der Waals surface area contributed by atoms with Gasteiger partial charge in [0.15, 0.2) is 0 Å². The molecule has 3 fully saturated rings. The third kappa shape index (κ3) is 5.49. The molecule has 0 unspecified atom stereocenters. The number of aromatic amines is 1. The molecular formula is C27H35N9O4. The van der Waals surface area contributed by atoms with Crippen LogP contribution in [-0.4, -0.2) is 103 Å². The van der Waals surface area contributed by atoms with Crippen molar-refractivity contribution in [2.24, 2.45) is 0 Å². The fourth-order valence-electron chi connectivity index (χ4n) is 6.02. The molecule has 0 radical (unpaired) electrons. The number of aromatic nitrogens is 4. The zero-order valence-corrected chi connectivity index (χ0v) is 23.2. The number of hydrogen-bond donors (Lipinski definition) is 2. The summed E-state index contributed by atoms with van der Waals surface area (Å²) in [7, 11) is 0. The van der Waals surface area contributed by atoms with Crippen molar-refractivity contribution in [2.45, 2.75) is 82.8 Å². The predicted octanol–water partition coefficient (Wildman–Crippen LogP) is 1.62. The maximum atomic E-state index is 13.6. The van der Waals surface area contributed by atoms with Crippen LogP contribution in [-0.2, 0) is 14.3 Å². The molecular weight excluding hydrogens is 514 g/mol. The number of hydrogen-bond acceptors (Lipinski definition) is 9. The SMILES string of the molecule is C[C@@H](c1cccc(-c2nn[nH]n2)c1)N1C(=O)[C@H]2C[C@@H]1CN2C[C@H](NC(=O)OC(C)(C)C)C(=O)N1CCC[C@H]1C#N. The number of nitrogens with one attached hydrogen (secondary N) is 2. The number of rotatable bonds is 7. The lowest BCUT2D eigenvalue weighted by Crippen LogP contribution is -2.59. The molecule has 2 bridgehead atoms. The minimum Gasteiger partial charge on any atom is -0.444 e. The second kappa shape index (κ2) is 10.8. The van der Waals surface area contributed by atoms with Gasteiger partial charge in [0.2, 0.25) is 17.6 Å². The second-order valence-electron chi connectivity index (χ2n) is 11.7. The Kier molecular flexibility index (Phi) is 7.46. The molecule has 0 aliphatic carbocycles. The van der Waals surface area contributed by atoms with Gasteiger partial charge < -0.3 is 19.9 Å². The summed E-state index contributed by atoms with van der Waals surface area (Å²) in [4.78, 5) is 45.3. The first-order valence-corrected chi connectivity index (χ1v) is 13.7. The highest BCUT2D eigenvalue weighted by Crippen LogP contribution is 2.38. The number of nitriles is 1. The number of carbonyl (C=O) groups excluding carboxylic acids is 3. The Hall–Kier alpha value is -4.05. The van der Waals surface area contributed by atoms with E-state index in [2.05, 4.69) is 32.0 Å². The van der Waals surface area contributed by atoms with E-state index in [0.717, 1.165) is 17.5 Å². The predicted molar refractivity (Wildman–Crippen MR) is 142 cm³/mol. The molecule has 4 heterocycles. The lowest BCUT2D eigenvalue weighted by molar-refractivity contribution is -0.141. The standard InChI is InChI=1S/C27H35N9O4/c1-16(17-7-5-8-18(11-17)23-30-32-33-31-23)36-20-12-22(25(36)38)34(14-20)15-21(29-26(39)40-27(2,3)4)24(37)35-10-6-9-19(35)13-28/h5,7-8,11,16,19-22H,6,9-10,12,14-15H2,1-4H3,(H,29,39)(H,30,31,32,33)/t16-,19-,20+,21-,22+/m0/s1. The first-order valence-electron chi connectivity index (χ1n) is 13.7. The van der Waals surface area contributed by atoms with E-state index in [1.165, 1.54) is 4.90 Å². The first kappa shape index (κ1) is 27.5. The molecule has 0 spiro atoms. The van der Waals surface area contributed by atoms with Crippen LogP contribution in [0, 0.1) is 11.3 Å². The first-order chi connectivity index (χ1) is 19.1. The van der Waals surface area contributed by atoms with Crippen LogP contribution < -0.4 is 5.32 Å². The minimum absolute atomic E-state index is 0.00625. The van der Waals surface area contributed by atoms with E-state index in [9.17, 15) is 19.6 Å². The molecule has 212 valence electrons. The van der Waals surface area contributed by atoms with Crippen LogP contribution in [0.2, 0.25) is 0 Å². The number of likely N-dealkylation sites (tertiary alicyclic amines) is 3. The number of tetrazole rings is 1. The van der Waals surface area contributed by atoms with Crippen molar-refractivity contribution in [3.63, 3.8) is 0 Å². The van der Waals surface area contributed by atoms with Crippen LogP contribution in [0.4, 0.5) is 4.79 Å². The van der Waals surface area contributed by atoms with Crippen molar-refractivity contribution in [2.75, 3.05) is 19.6 Å². The van der Waals surface area contributed by atoms with E-state index in [1.807, 2.05) is 41.0 Å². The van der Waals surface area contributed by atoms with Gasteiger partial charge in [-0.25, -0.2) is 4.79 Å². The average Bonchev–Trinajstić information content (AvgIpc) is 3.71. The van der Waals surface area contributed by atoms with Gasteiger partial charge in [0, 0.05) is 31.2 Å². The molecule has 3 aliphatic heterocycles. The number of alkyl carbamates (subject to hydrolysis) is 1. The summed E-state index contributed by atoms with van der Waals surface area (Å²) >= 11 is 0. The molecule has 2 N–H and O–H groups in total. The number of piperazine rings is 1. The third-order valence-corrected chi connectivity index (χ3v) is 7.80. The van der Waals surface area contributed by atoms with Crippen LogP contribution in [0.25, 0.3) is 11.4 Å². The van der Waals surface area contributed by atoms with Gasteiger partial charge >= 0.3 is 6.09 Å². The largest absolute Gasteiger partial charge is 0.444 e. The molecule has 1 aromatic heterocycles. The molecule has 3 saturated heterocycles. The Morgan fingerprint density at radius 2 is 2.12 bits per heavy atom. The topological polar surface area (TPSA) is 160 Å². The summed E-state index contributed by atoms with van der Waals surface area (Å²) in [6.07, 6.45) is 1.28. The van der Waals surface area contributed by atoms with Crippen molar-refractivity contribution < 1.29 is 19.1 Å². The average molecular weight is 550 g/mol. The highest BCUT2D eigenvalue weighted by Gasteiger charge is 2.52. The molecule has 13 heteroatoms. The molecule has 40 heavy (non-hydrogen) atoms. The van der Waals surface area contributed by atoms with Crippen molar-refractivity contribution >= 4 is 17.9 Å². The van der Waals surface area contributed by atoms with Crippen molar-refractivity contribution in [1.29, 1.82) is 5.26 Å². The van der Waals surface area contributed by atoms with Gasteiger partial charge in [-0.05, 0) is 63.8 Å². The van der Waals surface area contributed by atoms with Crippen LogP contribution in [0.5, 0.6) is 0 Å². The van der Waals surface area contributed by atoms with E-state index in [0.29, 0.717) is 31.8 Å². The van der Waals surface area contributed by atoms with E-state index < -0.39 is 29.8 Å². The number of benzene rings is 1. The lowest BCUT2D eigenvalue weighted by atomic mass is 10.0. The molecule has 5 atom stereocenters. The van der Waals surface area contributed by atoms with Gasteiger partial charge in [0.25, 0.3) is 0 Å². The fraction of sp³-hybridized carbons (Fsp3) is 0.593. The summed E-state index contributed by atoms with van der Waals surface area (Å²) in [5, 5.41) is 26.4. The zero-order valence-electron chi connectivity index (χ0n) is 23.2. The molecule has 13 nitrogen and oxygen atoms in total. The Bertz CT molecular complexity index is 1300. The number of H-pyrrole nitrogens is 1. The maximum Gasteiger partial charge on any atom is 0.408 e. The molecule has 0 saturated carbocycles. The highest BCUT2D eigenvalue weighted by molar-refractivity contribution is 5.88. The molecule has 3 amide bonds. The Morgan fingerprint density at radius 3 is 2.80 bits per heavy atom. The van der Waals surface area contributed by atoms with E-state index in [4.69, 9.17) is 4.74 Å². The van der Waals surface area contributed by atoms with Crippen molar-refractivity contribution in [3.05, 3.63) is 29.8 Å². The van der Waals surface area contributed by atoms with Crippen LogP contribution in [0.1, 0.15) is 58.6 Å². The van der Waals surface area contributed by atoms with Gasteiger partial charge in [0.05, 0.1) is 18.2 Å². The normalized spacial score (nSPS) is 24.2. The number of carbonyl (C=O) groups is 3. The quantitative estimate of drug-likeness (QED) is 0.523. The Balaban J connectivity index is 1.30. The third-order valence-electron chi connectivity index (χ3n) is 7.80. The summed E-state index contributed by atoms with van der Waals surface area (Å²) in [6.45, 7) is 8.46. The van der Waals surface area contributed by atoms with Gasteiger partial charge in [-0.1, -0.05) is 18.2 Å². The maximum absolute atomic E-state index is 13.6. The minimum atomic E-state index is -0.937. The van der Waals surface area contributed by atoms with Gasteiger partial charge in [0.1, 0.15) is 17.7 Å². The van der Waals surface area contributed by atoms with Gasteiger partial charge in [-0.2, -0.15) is 10.5 Å². The smallest absolute Gasteiger partial charge is 0.408 e. The summed E-state index contributed by atoms with van der Waals surface area (Å²) in [6, 6.07) is 7.89. The second-order valence-corrected chi connectivity index (χ2v) is 11.7. The molecule has 2 aromatic rings. The lowest BCUT2D eigenvalue weighted by Gasteiger charge is -2.39. The van der Waals surface area contributed by atoms with Gasteiger partial charge in [-0.3, -0.25) is 14.5 Å². The summed E-state index contributed by atoms with van der Waals surface area (Å²) in [5.74, 6) is 0.154. The van der Waals surface area contributed by atoms with Crippen LogP contribution >= 0.6 is 0 Å².